The molecule has 3 aromatic rings. The van der Waals surface area contributed by atoms with Gasteiger partial charge in [0.25, 0.3) is 0 Å². The van der Waals surface area contributed by atoms with Crippen molar-refractivity contribution >= 4 is 11.5 Å². The van der Waals surface area contributed by atoms with Crippen LogP contribution >= 0.6 is 0 Å². The van der Waals surface area contributed by atoms with E-state index in [1.54, 1.807) is 0 Å². The molecule has 0 radical (unpaired) electrons. The molecule has 26 heavy (non-hydrogen) atoms. The molecule has 0 N–H and O–H groups in total. The molecule has 1 aliphatic heterocycles. The third kappa shape index (κ3) is 3.19. The normalized spacial score (nSPS) is 20.8. The predicted molar refractivity (Wildman–Crippen MR) is 107 cm³/mol. The van der Waals surface area contributed by atoms with Gasteiger partial charge in [-0.25, -0.2) is 4.98 Å². The maximum absolute atomic E-state index is 4.84. The Bertz CT molecular complexity index is 917. The van der Waals surface area contributed by atoms with Crippen molar-refractivity contribution in [1.29, 1.82) is 0 Å². The van der Waals surface area contributed by atoms with Gasteiger partial charge in [-0.15, -0.1) is 0 Å². The van der Waals surface area contributed by atoms with Gasteiger partial charge in [-0.1, -0.05) is 37.3 Å². The van der Waals surface area contributed by atoms with Crippen LogP contribution in [0.2, 0.25) is 0 Å². The molecule has 5 nitrogen and oxygen atoms in total. The summed E-state index contributed by atoms with van der Waals surface area (Å²) >= 11 is 0. The second-order valence-electron chi connectivity index (χ2n) is 8.08. The minimum absolute atomic E-state index is 0.300. The first-order valence-electron chi connectivity index (χ1n) is 9.26. The second kappa shape index (κ2) is 6.40. The molecule has 0 amide bonds. The summed E-state index contributed by atoms with van der Waals surface area (Å²) in [5.74, 6) is 1.10. The second-order valence-corrected chi connectivity index (χ2v) is 8.08. The van der Waals surface area contributed by atoms with Gasteiger partial charge in [0, 0.05) is 37.8 Å². The third-order valence-electron chi connectivity index (χ3n) is 5.36. The Morgan fingerprint density at radius 3 is 2.65 bits per heavy atom. The van der Waals surface area contributed by atoms with E-state index in [2.05, 4.69) is 72.3 Å². The Hall–Kier alpha value is -2.40. The predicted octanol–water partition coefficient (Wildman–Crippen LogP) is 3.48. The average Bonchev–Trinajstić information content (AvgIpc) is 3.15. The van der Waals surface area contributed by atoms with Crippen molar-refractivity contribution in [3.63, 3.8) is 0 Å². The lowest BCUT2D eigenvalue weighted by Crippen LogP contribution is -2.36. The summed E-state index contributed by atoms with van der Waals surface area (Å²) in [6, 6.07) is 14.6. The first-order chi connectivity index (χ1) is 12.4. The molecule has 1 atom stereocenters. The summed E-state index contributed by atoms with van der Waals surface area (Å²) in [6.45, 7) is 7.72. The minimum Gasteiger partial charge on any atom is -0.359 e. The number of hydrogen-bond acceptors (Lipinski definition) is 4. The molecule has 2 aromatic heterocycles. The lowest BCUT2D eigenvalue weighted by molar-refractivity contribution is 0.314. The number of rotatable bonds is 4. The summed E-state index contributed by atoms with van der Waals surface area (Å²) in [6.07, 6.45) is 1.23. The molecule has 4 rings (SSSR count). The van der Waals surface area contributed by atoms with E-state index in [4.69, 9.17) is 4.98 Å². The Balaban J connectivity index is 1.75. The summed E-state index contributed by atoms with van der Waals surface area (Å²) < 4.78 is 1.98. The van der Waals surface area contributed by atoms with Gasteiger partial charge in [-0.05, 0) is 32.4 Å². The summed E-state index contributed by atoms with van der Waals surface area (Å²) in [4.78, 5) is 9.60. The summed E-state index contributed by atoms with van der Waals surface area (Å²) in [7, 11) is 4.38. The highest BCUT2D eigenvalue weighted by atomic mass is 15.3. The Morgan fingerprint density at radius 2 is 1.96 bits per heavy atom. The van der Waals surface area contributed by atoms with Crippen molar-refractivity contribution < 1.29 is 0 Å². The van der Waals surface area contributed by atoms with Gasteiger partial charge in [0.1, 0.15) is 5.82 Å². The van der Waals surface area contributed by atoms with Crippen molar-refractivity contribution in [3.8, 4) is 11.3 Å². The van der Waals surface area contributed by atoms with Crippen LogP contribution in [0.4, 0.5) is 5.82 Å². The largest absolute Gasteiger partial charge is 0.359 e. The lowest BCUT2D eigenvalue weighted by atomic mass is 9.89. The smallest absolute Gasteiger partial charge is 0.158 e. The van der Waals surface area contributed by atoms with Crippen LogP contribution in [0.1, 0.15) is 19.0 Å². The first kappa shape index (κ1) is 17.0. The molecule has 1 unspecified atom stereocenters. The van der Waals surface area contributed by atoms with Crippen LogP contribution in [-0.4, -0.2) is 53.2 Å². The lowest BCUT2D eigenvalue weighted by Gasteiger charge is -2.31. The van der Waals surface area contributed by atoms with Crippen LogP contribution in [0.25, 0.3) is 16.9 Å². The van der Waals surface area contributed by atoms with Crippen LogP contribution in [0, 0.1) is 12.3 Å². The topological polar surface area (TPSA) is 36.7 Å². The van der Waals surface area contributed by atoms with E-state index in [9.17, 15) is 0 Å². The molecular formula is C21H27N5. The van der Waals surface area contributed by atoms with Gasteiger partial charge in [-0.3, -0.25) is 0 Å². The maximum atomic E-state index is 4.84. The van der Waals surface area contributed by atoms with Crippen LogP contribution < -0.4 is 4.90 Å². The molecule has 0 saturated carbocycles. The molecule has 0 bridgehead atoms. The van der Waals surface area contributed by atoms with E-state index < -0.39 is 0 Å². The number of aromatic nitrogens is 3. The number of likely N-dealkylation sites (tertiary alicyclic amines) is 1. The molecule has 1 aromatic carbocycles. The number of hydrogen-bond donors (Lipinski definition) is 0. The number of fused-ring (bicyclic) bond motifs is 1. The standard InChI is InChI=1S/C21H27N5/c1-16-12-19-22-18(17-8-6-5-7-9-17)13-20(26(19)23-16)25(4)15-21(2)10-11-24(3)14-21/h5-9,12-13H,10-11,14-15H2,1-4H3. The van der Waals surface area contributed by atoms with Crippen molar-refractivity contribution in [2.45, 2.75) is 20.3 Å². The molecule has 5 heteroatoms. The SMILES string of the molecule is Cc1cc2nc(-c3ccccc3)cc(N(C)CC3(C)CCN(C)C3)n2n1. The Kier molecular flexibility index (Phi) is 4.19. The Morgan fingerprint density at radius 1 is 1.19 bits per heavy atom. The molecule has 1 fully saturated rings. The van der Waals surface area contributed by atoms with Crippen molar-refractivity contribution in [3.05, 3.63) is 48.2 Å². The van der Waals surface area contributed by atoms with E-state index >= 15 is 0 Å². The fraction of sp³-hybridized carbons (Fsp3) is 0.429. The van der Waals surface area contributed by atoms with Crippen molar-refractivity contribution in [2.24, 2.45) is 5.41 Å². The molecule has 136 valence electrons. The molecule has 1 aliphatic rings. The molecule has 1 saturated heterocycles. The van der Waals surface area contributed by atoms with Crippen LogP contribution in [-0.2, 0) is 0 Å². The molecule has 0 spiro atoms. The number of anilines is 1. The van der Waals surface area contributed by atoms with Crippen molar-refractivity contribution in [1.82, 2.24) is 19.5 Å². The van der Waals surface area contributed by atoms with Crippen LogP contribution in [0.3, 0.4) is 0 Å². The van der Waals surface area contributed by atoms with Crippen LogP contribution in [0.5, 0.6) is 0 Å². The quantitative estimate of drug-likeness (QED) is 0.722. The zero-order chi connectivity index (χ0) is 18.3. The van der Waals surface area contributed by atoms with Gasteiger partial charge in [0.05, 0.1) is 11.4 Å². The zero-order valence-electron chi connectivity index (χ0n) is 16.1. The van der Waals surface area contributed by atoms with Crippen molar-refractivity contribution in [2.75, 3.05) is 38.6 Å². The Labute approximate surface area is 155 Å². The highest BCUT2D eigenvalue weighted by molar-refractivity contribution is 5.67. The van der Waals surface area contributed by atoms with Gasteiger partial charge in [-0.2, -0.15) is 9.61 Å². The van der Waals surface area contributed by atoms with Gasteiger partial charge >= 0.3 is 0 Å². The minimum atomic E-state index is 0.300. The monoisotopic (exact) mass is 349 g/mol. The fourth-order valence-corrected chi connectivity index (χ4v) is 4.16. The van der Waals surface area contributed by atoms with Gasteiger partial charge < -0.3 is 9.80 Å². The number of benzene rings is 1. The highest BCUT2D eigenvalue weighted by Gasteiger charge is 2.33. The van der Waals surface area contributed by atoms with E-state index in [0.29, 0.717) is 5.41 Å². The summed E-state index contributed by atoms with van der Waals surface area (Å²) in [5.41, 5.74) is 4.32. The highest BCUT2D eigenvalue weighted by Crippen LogP contribution is 2.32. The van der Waals surface area contributed by atoms with Crippen LogP contribution in [0.15, 0.2) is 42.5 Å². The van der Waals surface area contributed by atoms with Gasteiger partial charge in [0.15, 0.2) is 5.65 Å². The van der Waals surface area contributed by atoms with Gasteiger partial charge in [0.2, 0.25) is 0 Å². The third-order valence-corrected chi connectivity index (χ3v) is 5.36. The summed E-state index contributed by atoms with van der Waals surface area (Å²) in [5, 5.41) is 4.68. The molecule has 3 heterocycles. The first-order valence-corrected chi connectivity index (χ1v) is 9.26. The van der Waals surface area contributed by atoms with E-state index in [0.717, 1.165) is 41.5 Å². The molecule has 0 aliphatic carbocycles. The number of nitrogens with zero attached hydrogens (tertiary/aromatic N) is 5. The number of aryl methyl sites for hydroxylation is 1. The van der Waals surface area contributed by atoms with E-state index in [1.165, 1.54) is 13.0 Å². The van der Waals surface area contributed by atoms with E-state index in [-0.39, 0.29) is 0 Å². The molecular weight excluding hydrogens is 322 g/mol. The average molecular weight is 349 g/mol. The fourth-order valence-electron chi connectivity index (χ4n) is 4.16. The zero-order valence-corrected chi connectivity index (χ0v) is 16.1. The maximum Gasteiger partial charge on any atom is 0.158 e. The van der Waals surface area contributed by atoms with E-state index in [1.807, 2.05) is 17.5 Å².